The van der Waals surface area contributed by atoms with E-state index in [1.807, 2.05) is 6.07 Å². The molecule has 1 aromatic heterocycles. The maximum Gasteiger partial charge on any atom is 0.314 e. The molecule has 0 aliphatic heterocycles. The Labute approximate surface area is 135 Å². The lowest BCUT2D eigenvalue weighted by molar-refractivity contribution is -0.143. The summed E-state index contributed by atoms with van der Waals surface area (Å²) in [6, 6.07) is 12.2. The highest BCUT2D eigenvalue weighted by molar-refractivity contribution is 7.57. The molecule has 1 heterocycles. The molecule has 23 heavy (non-hydrogen) atoms. The molecule has 0 aliphatic rings. The van der Waals surface area contributed by atoms with Gasteiger partial charge < -0.3 is 10.00 Å². The van der Waals surface area contributed by atoms with Crippen LogP contribution in [0.2, 0.25) is 0 Å². The van der Waals surface area contributed by atoms with Gasteiger partial charge in [0.15, 0.2) is 0 Å². The van der Waals surface area contributed by atoms with Gasteiger partial charge in [-0.2, -0.15) is 0 Å². The lowest BCUT2D eigenvalue weighted by atomic mass is 9.81. The van der Waals surface area contributed by atoms with E-state index in [1.165, 1.54) is 6.20 Å². The number of aromatic nitrogens is 1. The van der Waals surface area contributed by atoms with E-state index in [-0.39, 0.29) is 18.7 Å². The molecule has 0 radical (unpaired) electrons. The third-order valence-electron chi connectivity index (χ3n) is 4.02. The largest absolute Gasteiger partial charge is 0.481 e. The number of rotatable bonds is 7. The molecule has 0 aliphatic carbocycles. The Morgan fingerprint density at radius 2 is 1.91 bits per heavy atom. The number of aliphatic carboxylic acids is 1. The third kappa shape index (κ3) is 4.06. The molecule has 1 aromatic carbocycles. The SMILES string of the molecule is CCC(CP(=O)(O)Cc1ccccc1)(C(=O)O)c1cccnc1. The number of carboxylic acid groups (broad SMARTS) is 1. The van der Waals surface area contributed by atoms with Crippen molar-refractivity contribution in [2.45, 2.75) is 24.9 Å². The Morgan fingerprint density at radius 1 is 1.22 bits per heavy atom. The van der Waals surface area contributed by atoms with Gasteiger partial charge >= 0.3 is 5.97 Å². The van der Waals surface area contributed by atoms with Crippen molar-refractivity contribution in [3.63, 3.8) is 0 Å². The van der Waals surface area contributed by atoms with Crippen molar-refractivity contribution in [2.24, 2.45) is 0 Å². The van der Waals surface area contributed by atoms with Crippen molar-refractivity contribution < 1.29 is 19.4 Å². The minimum Gasteiger partial charge on any atom is -0.481 e. The molecule has 2 unspecified atom stereocenters. The molecule has 2 N–H and O–H groups in total. The molecule has 122 valence electrons. The zero-order chi connectivity index (χ0) is 16.9. The fraction of sp³-hybridized carbons (Fsp3) is 0.294. The van der Waals surface area contributed by atoms with E-state index < -0.39 is 18.8 Å². The van der Waals surface area contributed by atoms with Crippen LogP contribution in [0.25, 0.3) is 0 Å². The summed E-state index contributed by atoms with van der Waals surface area (Å²) < 4.78 is 12.7. The van der Waals surface area contributed by atoms with Gasteiger partial charge in [-0.1, -0.05) is 43.3 Å². The summed E-state index contributed by atoms with van der Waals surface area (Å²) in [6.07, 6.45) is 2.87. The highest BCUT2D eigenvalue weighted by Gasteiger charge is 2.44. The van der Waals surface area contributed by atoms with Crippen molar-refractivity contribution in [2.75, 3.05) is 6.16 Å². The first-order valence-electron chi connectivity index (χ1n) is 7.38. The molecule has 0 saturated carbocycles. The van der Waals surface area contributed by atoms with Crippen LogP contribution in [-0.4, -0.2) is 27.1 Å². The number of carbonyl (C=O) groups is 1. The minimum atomic E-state index is -3.68. The fourth-order valence-corrected chi connectivity index (χ4v) is 5.02. The molecule has 0 spiro atoms. The maximum absolute atomic E-state index is 12.7. The van der Waals surface area contributed by atoms with Gasteiger partial charge in [-0.15, -0.1) is 0 Å². The average Bonchev–Trinajstić information content (AvgIpc) is 2.53. The molecule has 0 fully saturated rings. The number of pyridine rings is 1. The van der Waals surface area contributed by atoms with Gasteiger partial charge in [-0.25, -0.2) is 0 Å². The molecule has 2 aromatic rings. The van der Waals surface area contributed by atoms with Crippen LogP contribution < -0.4 is 0 Å². The molecule has 5 nitrogen and oxygen atoms in total. The van der Waals surface area contributed by atoms with Crippen molar-refractivity contribution in [3.8, 4) is 0 Å². The Morgan fingerprint density at radius 3 is 2.43 bits per heavy atom. The maximum atomic E-state index is 12.7. The number of hydrogen-bond donors (Lipinski definition) is 2. The Kier molecular flexibility index (Phi) is 5.34. The van der Waals surface area contributed by atoms with Gasteiger partial charge in [0.1, 0.15) is 5.41 Å². The number of hydrogen-bond acceptors (Lipinski definition) is 3. The molecule has 2 atom stereocenters. The Balaban J connectivity index is 2.34. The Bertz CT molecular complexity index is 705. The van der Waals surface area contributed by atoms with Crippen molar-refractivity contribution in [1.29, 1.82) is 0 Å². The highest BCUT2D eigenvalue weighted by Crippen LogP contribution is 2.51. The average molecular weight is 333 g/mol. The van der Waals surface area contributed by atoms with E-state index in [2.05, 4.69) is 4.98 Å². The third-order valence-corrected chi connectivity index (χ3v) is 5.91. The van der Waals surface area contributed by atoms with Gasteiger partial charge in [-0.3, -0.25) is 14.3 Å². The highest BCUT2D eigenvalue weighted by atomic mass is 31.2. The molecule has 0 amide bonds. The topological polar surface area (TPSA) is 87.5 Å². The van der Waals surface area contributed by atoms with Gasteiger partial charge in [-0.05, 0) is 23.6 Å². The minimum absolute atomic E-state index is 0.0386. The normalized spacial score (nSPS) is 16.3. The predicted molar refractivity (Wildman–Crippen MR) is 88.7 cm³/mol. The summed E-state index contributed by atoms with van der Waals surface area (Å²) in [5.74, 6) is -1.10. The zero-order valence-corrected chi connectivity index (χ0v) is 13.8. The van der Waals surface area contributed by atoms with Crippen LogP contribution in [0.15, 0.2) is 54.9 Å². The van der Waals surface area contributed by atoms with Gasteiger partial charge in [0.2, 0.25) is 7.37 Å². The monoisotopic (exact) mass is 333 g/mol. The first kappa shape index (κ1) is 17.4. The number of nitrogens with zero attached hydrogens (tertiary/aromatic N) is 1. The van der Waals surface area contributed by atoms with Crippen LogP contribution in [0.4, 0.5) is 0 Å². The van der Waals surface area contributed by atoms with E-state index in [0.29, 0.717) is 5.56 Å². The van der Waals surface area contributed by atoms with E-state index in [1.54, 1.807) is 49.5 Å². The van der Waals surface area contributed by atoms with Crippen LogP contribution in [0.3, 0.4) is 0 Å². The lowest BCUT2D eigenvalue weighted by Crippen LogP contribution is -2.39. The summed E-state index contributed by atoms with van der Waals surface area (Å²) in [5.41, 5.74) is -0.231. The summed E-state index contributed by atoms with van der Waals surface area (Å²) in [5, 5.41) is 9.75. The molecule has 0 saturated heterocycles. The van der Waals surface area contributed by atoms with Crippen molar-refractivity contribution in [3.05, 3.63) is 66.0 Å². The molecular formula is C17H20NO4P. The predicted octanol–water partition coefficient (Wildman–Crippen LogP) is 3.28. The van der Waals surface area contributed by atoms with Gasteiger partial charge in [0.25, 0.3) is 0 Å². The fourth-order valence-electron chi connectivity index (χ4n) is 2.74. The number of benzene rings is 1. The zero-order valence-electron chi connectivity index (χ0n) is 12.9. The summed E-state index contributed by atoms with van der Waals surface area (Å²) in [7, 11) is -3.68. The standard InChI is InChI=1S/C17H20NO4P/c1-2-17(16(19)20,15-9-6-10-18-11-15)13-23(21,22)12-14-7-4-3-5-8-14/h3-11H,2,12-13H2,1H3,(H,19,20)(H,21,22). The lowest BCUT2D eigenvalue weighted by Gasteiger charge is -2.30. The second kappa shape index (κ2) is 7.07. The van der Waals surface area contributed by atoms with E-state index in [0.717, 1.165) is 5.56 Å². The second-order valence-electron chi connectivity index (χ2n) is 5.63. The molecule has 6 heteroatoms. The van der Waals surface area contributed by atoms with E-state index in [4.69, 9.17) is 0 Å². The summed E-state index contributed by atoms with van der Waals surface area (Å²) >= 11 is 0. The number of carboxylic acids is 1. The van der Waals surface area contributed by atoms with Crippen LogP contribution in [-0.2, 0) is 20.9 Å². The van der Waals surface area contributed by atoms with Crippen molar-refractivity contribution >= 4 is 13.3 Å². The molecular weight excluding hydrogens is 313 g/mol. The Hall–Kier alpha value is -1.97. The van der Waals surface area contributed by atoms with Crippen LogP contribution in [0.5, 0.6) is 0 Å². The summed E-state index contributed by atoms with van der Waals surface area (Å²) in [4.78, 5) is 26.3. The van der Waals surface area contributed by atoms with E-state index in [9.17, 15) is 19.4 Å². The summed E-state index contributed by atoms with van der Waals surface area (Å²) in [6.45, 7) is 1.71. The molecule has 0 bridgehead atoms. The smallest absolute Gasteiger partial charge is 0.314 e. The van der Waals surface area contributed by atoms with Crippen molar-refractivity contribution in [1.82, 2.24) is 4.98 Å². The quantitative estimate of drug-likeness (QED) is 0.759. The second-order valence-corrected chi connectivity index (χ2v) is 7.96. The first-order valence-corrected chi connectivity index (χ1v) is 9.41. The van der Waals surface area contributed by atoms with Gasteiger partial charge in [0.05, 0.1) is 0 Å². The van der Waals surface area contributed by atoms with E-state index >= 15 is 0 Å². The van der Waals surface area contributed by atoms with Crippen LogP contribution >= 0.6 is 7.37 Å². The van der Waals surface area contributed by atoms with Gasteiger partial charge in [0, 0.05) is 24.7 Å². The first-order chi connectivity index (χ1) is 10.9. The van der Waals surface area contributed by atoms with Crippen LogP contribution in [0, 0.1) is 0 Å². The van der Waals surface area contributed by atoms with Crippen LogP contribution in [0.1, 0.15) is 24.5 Å². The molecule has 2 rings (SSSR count).